The van der Waals surface area contributed by atoms with Crippen molar-refractivity contribution in [1.29, 1.82) is 0 Å². The summed E-state index contributed by atoms with van der Waals surface area (Å²) < 4.78 is 0. The normalized spacial score (nSPS) is 14.7. The molecule has 3 rings (SSSR count). The lowest BCUT2D eigenvalue weighted by Crippen LogP contribution is -2.17. The van der Waals surface area contributed by atoms with Crippen LogP contribution < -0.4 is 10.6 Å². The van der Waals surface area contributed by atoms with E-state index in [1.807, 2.05) is 25.1 Å². The van der Waals surface area contributed by atoms with Gasteiger partial charge in [0.15, 0.2) is 0 Å². The summed E-state index contributed by atoms with van der Waals surface area (Å²) in [7, 11) is 0. The summed E-state index contributed by atoms with van der Waals surface area (Å²) in [5, 5.41) is 6.99. The summed E-state index contributed by atoms with van der Waals surface area (Å²) in [5.41, 5.74) is 2.90. The number of carbonyl (C=O) groups excluding carboxylic acids is 1. The van der Waals surface area contributed by atoms with Gasteiger partial charge in [0.1, 0.15) is 5.69 Å². The fourth-order valence-corrected chi connectivity index (χ4v) is 3.05. The van der Waals surface area contributed by atoms with Crippen molar-refractivity contribution in [3.8, 4) is 0 Å². The number of carbonyl (C=O) groups is 1. The molecule has 1 aliphatic rings. The number of hydrogen-bond acceptors (Lipinski definition) is 3. The summed E-state index contributed by atoms with van der Waals surface area (Å²) in [6, 6.07) is 9.66. The second kappa shape index (κ2) is 7.01. The standard InChI is InChI=1S/C18H20ClN3O/c1-12-15(19)7-4-8-16(12)22-18(23)17-11-14(9-10-20-17)21-13-5-2-3-6-13/h4,7-11,13H,2-3,5-6H2,1H3,(H,20,21)(H,22,23). The molecule has 1 fully saturated rings. The van der Waals surface area contributed by atoms with Crippen molar-refractivity contribution >= 4 is 28.9 Å². The molecule has 0 atom stereocenters. The average molecular weight is 330 g/mol. The van der Waals surface area contributed by atoms with Gasteiger partial charge in [-0.2, -0.15) is 0 Å². The first-order valence-corrected chi connectivity index (χ1v) is 8.30. The molecule has 23 heavy (non-hydrogen) atoms. The Labute approximate surface area is 141 Å². The third-order valence-corrected chi connectivity index (χ3v) is 4.64. The summed E-state index contributed by atoms with van der Waals surface area (Å²) in [5.74, 6) is -0.231. The van der Waals surface area contributed by atoms with E-state index in [1.165, 1.54) is 25.7 Å². The van der Waals surface area contributed by atoms with Crippen LogP contribution in [0.1, 0.15) is 41.7 Å². The summed E-state index contributed by atoms with van der Waals surface area (Å²) >= 11 is 6.09. The topological polar surface area (TPSA) is 54.0 Å². The van der Waals surface area contributed by atoms with Gasteiger partial charge in [-0.15, -0.1) is 0 Å². The first-order valence-electron chi connectivity index (χ1n) is 7.92. The predicted molar refractivity (Wildman–Crippen MR) is 94.3 cm³/mol. The number of hydrogen-bond donors (Lipinski definition) is 2. The van der Waals surface area contributed by atoms with Gasteiger partial charge in [-0.1, -0.05) is 30.5 Å². The van der Waals surface area contributed by atoms with Gasteiger partial charge in [-0.05, 0) is 49.6 Å². The molecule has 0 bridgehead atoms. The fraction of sp³-hybridized carbons (Fsp3) is 0.333. The van der Waals surface area contributed by atoms with E-state index in [4.69, 9.17) is 11.6 Å². The molecule has 2 aromatic rings. The number of rotatable bonds is 4. The number of halogens is 1. The number of aromatic nitrogens is 1. The first-order chi connectivity index (χ1) is 11.1. The Morgan fingerprint density at radius 3 is 2.83 bits per heavy atom. The van der Waals surface area contributed by atoms with Crippen LogP contribution in [0.4, 0.5) is 11.4 Å². The zero-order chi connectivity index (χ0) is 16.2. The Kier molecular flexibility index (Phi) is 4.82. The monoisotopic (exact) mass is 329 g/mol. The van der Waals surface area contributed by atoms with Crippen molar-refractivity contribution in [3.05, 3.63) is 52.8 Å². The average Bonchev–Trinajstić information content (AvgIpc) is 3.05. The van der Waals surface area contributed by atoms with Gasteiger partial charge in [0.2, 0.25) is 0 Å². The maximum absolute atomic E-state index is 12.4. The molecule has 1 aromatic heterocycles. The van der Waals surface area contributed by atoms with Gasteiger partial charge < -0.3 is 10.6 Å². The molecular formula is C18H20ClN3O. The largest absolute Gasteiger partial charge is 0.382 e. The van der Waals surface area contributed by atoms with E-state index in [0.717, 1.165) is 11.3 Å². The lowest BCUT2D eigenvalue weighted by molar-refractivity contribution is 0.102. The minimum atomic E-state index is -0.231. The van der Waals surface area contributed by atoms with Crippen LogP contribution in [-0.2, 0) is 0 Å². The van der Waals surface area contributed by atoms with Crippen LogP contribution in [0.5, 0.6) is 0 Å². The van der Waals surface area contributed by atoms with Crippen LogP contribution >= 0.6 is 11.6 Å². The van der Waals surface area contributed by atoms with E-state index in [1.54, 1.807) is 18.3 Å². The van der Waals surface area contributed by atoms with Crippen LogP contribution in [0.2, 0.25) is 5.02 Å². The highest BCUT2D eigenvalue weighted by molar-refractivity contribution is 6.31. The van der Waals surface area contributed by atoms with E-state index in [0.29, 0.717) is 22.4 Å². The molecule has 1 heterocycles. The van der Waals surface area contributed by atoms with E-state index in [-0.39, 0.29) is 5.91 Å². The van der Waals surface area contributed by atoms with Crippen LogP contribution in [0.25, 0.3) is 0 Å². The predicted octanol–water partition coefficient (Wildman–Crippen LogP) is 4.65. The molecule has 1 aromatic carbocycles. The molecule has 5 heteroatoms. The molecule has 1 saturated carbocycles. The third kappa shape index (κ3) is 3.82. The third-order valence-electron chi connectivity index (χ3n) is 4.23. The molecule has 4 nitrogen and oxygen atoms in total. The van der Waals surface area contributed by atoms with E-state index in [9.17, 15) is 4.79 Å². The van der Waals surface area contributed by atoms with Crippen molar-refractivity contribution < 1.29 is 4.79 Å². The molecular weight excluding hydrogens is 310 g/mol. The van der Waals surface area contributed by atoms with Crippen LogP contribution in [0.3, 0.4) is 0 Å². The van der Waals surface area contributed by atoms with Crippen molar-refractivity contribution in [2.75, 3.05) is 10.6 Å². The molecule has 0 saturated heterocycles. The maximum Gasteiger partial charge on any atom is 0.274 e. The van der Waals surface area contributed by atoms with Gasteiger partial charge >= 0.3 is 0 Å². The second-order valence-corrected chi connectivity index (χ2v) is 6.33. The van der Waals surface area contributed by atoms with Crippen molar-refractivity contribution in [3.63, 3.8) is 0 Å². The highest BCUT2D eigenvalue weighted by atomic mass is 35.5. The summed E-state index contributed by atoms with van der Waals surface area (Å²) in [6.07, 6.45) is 6.57. The van der Waals surface area contributed by atoms with Gasteiger partial charge in [-0.25, -0.2) is 0 Å². The first kappa shape index (κ1) is 15.8. The Morgan fingerprint density at radius 1 is 1.26 bits per heavy atom. The number of nitrogens with zero attached hydrogens (tertiary/aromatic N) is 1. The van der Waals surface area contributed by atoms with E-state index < -0.39 is 0 Å². The Bertz CT molecular complexity index is 711. The van der Waals surface area contributed by atoms with Crippen molar-refractivity contribution in [2.45, 2.75) is 38.6 Å². The maximum atomic E-state index is 12.4. The second-order valence-electron chi connectivity index (χ2n) is 5.92. The molecule has 120 valence electrons. The quantitative estimate of drug-likeness (QED) is 0.858. The summed E-state index contributed by atoms with van der Waals surface area (Å²) in [4.78, 5) is 16.6. The van der Waals surface area contributed by atoms with Crippen molar-refractivity contribution in [2.24, 2.45) is 0 Å². The minimum Gasteiger partial charge on any atom is -0.382 e. The molecule has 0 spiro atoms. The molecule has 1 aliphatic carbocycles. The Hall–Kier alpha value is -2.07. The van der Waals surface area contributed by atoms with Crippen LogP contribution in [0, 0.1) is 6.92 Å². The molecule has 0 aliphatic heterocycles. The number of benzene rings is 1. The zero-order valence-electron chi connectivity index (χ0n) is 13.1. The lowest BCUT2D eigenvalue weighted by Gasteiger charge is -2.14. The lowest BCUT2D eigenvalue weighted by atomic mass is 10.2. The number of nitrogens with one attached hydrogen (secondary N) is 2. The van der Waals surface area contributed by atoms with Gasteiger partial charge in [0, 0.05) is 28.6 Å². The van der Waals surface area contributed by atoms with Gasteiger partial charge in [0.25, 0.3) is 5.91 Å². The zero-order valence-corrected chi connectivity index (χ0v) is 13.9. The van der Waals surface area contributed by atoms with E-state index in [2.05, 4.69) is 15.6 Å². The minimum absolute atomic E-state index is 0.231. The molecule has 0 radical (unpaired) electrons. The SMILES string of the molecule is Cc1c(Cl)cccc1NC(=O)c1cc(NC2CCCC2)ccn1. The van der Waals surface area contributed by atoms with Crippen LogP contribution in [0.15, 0.2) is 36.5 Å². The van der Waals surface area contributed by atoms with Gasteiger partial charge in [0.05, 0.1) is 0 Å². The van der Waals surface area contributed by atoms with Crippen LogP contribution in [-0.4, -0.2) is 16.9 Å². The van der Waals surface area contributed by atoms with Gasteiger partial charge in [-0.3, -0.25) is 9.78 Å². The summed E-state index contributed by atoms with van der Waals surface area (Å²) in [6.45, 7) is 1.88. The Morgan fingerprint density at radius 2 is 2.04 bits per heavy atom. The molecule has 0 unspecified atom stereocenters. The molecule has 2 N–H and O–H groups in total. The molecule has 1 amide bonds. The number of pyridine rings is 1. The fourth-order valence-electron chi connectivity index (χ4n) is 2.88. The number of anilines is 2. The van der Waals surface area contributed by atoms with E-state index >= 15 is 0 Å². The highest BCUT2D eigenvalue weighted by Crippen LogP contribution is 2.24. The highest BCUT2D eigenvalue weighted by Gasteiger charge is 2.16. The number of amides is 1. The smallest absolute Gasteiger partial charge is 0.274 e. The Balaban J connectivity index is 1.73. The van der Waals surface area contributed by atoms with Crippen molar-refractivity contribution in [1.82, 2.24) is 4.98 Å².